The molecule has 158 valence electrons. The topological polar surface area (TPSA) is 49.4 Å². The van der Waals surface area contributed by atoms with Crippen LogP contribution in [-0.4, -0.2) is 29.8 Å². The highest BCUT2D eigenvalue weighted by Crippen LogP contribution is 2.29. The molecule has 0 atom stereocenters. The summed E-state index contributed by atoms with van der Waals surface area (Å²) in [5.41, 5.74) is 4.42. The first kappa shape index (κ1) is 19.8. The first-order chi connectivity index (χ1) is 15.2. The number of piperidine rings is 1. The van der Waals surface area contributed by atoms with E-state index in [1.54, 1.807) is 0 Å². The summed E-state index contributed by atoms with van der Waals surface area (Å²) in [6.45, 7) is 1.24. The summed E-state index contributed by atoms with van der Waals surface area (Å²) in [6.07, 6.45) is 5.98. The number of anilines is 1. The van der Waals surface area contributed by atoms with Crippen molar-refractivity contribution in [2.24, 2.45) is 5.92 Å². The van der Waals surface area contributed by atoms with Gasteiger partial charge in [0.25, 0.3) is 5.91 Å². The van der Waals surface area contributed by atoms with E-state index in [0.29, 0.717) is 25.9 Å². The van der Waals surface area contributed by atoms with Crippen LogP contribution in [0.2, 0.25) is 0 Å². The second-order valence-corrected chi connectivity index (χ2v) is 8.73. The summed E-state index contributed by atoms with van der Waals surface area (Å²) >= 11 is 0. The van der Waals surface area contributed by atoms with Crippen molar-refractivity contribution in [1.29, 1.82) is 0 Å². The summed E-state index contributed by atoms with van der Waals surface area (Å²) in [5, 5.41) is 5.26. The minimum atomic E-state index is -0.0454. The van der Waals surface area contributed by atoms with E-state index in [0.717, 1.165) is 34.9 Å². The highest BCUT2D eigenvalue weighted by Gasteiger charge is 2.29. The fraction of sp³-hybridized carbons (Fsp3) is 0.333. The number of carbonyl (C=O) groups is 2. The molecule has 3 aromatic rings. The fourth-order valence-electron chi connectivity index (χ4n) is 5.06. The standard InChI is InChI=1S/C27H28N2O2/c30-26(28-25-14-6-10-20-8-2-4-12-23(20)25)21-15-17-29(18-16-21)27(31)24-13-5-9-19-7-1-3-11-22(19)24/h1,3,5-7,9-11,13-14,21H,2,4,8,12,15-18H2,(H,28,30). The Hall–Kier alpha value is -3.14. The van der Waals surface area contributed by atoms with E-state index in [4.69, 9.17) is 0 Å². The summed E-state index contributed by atoms with van der Waals surface area (Å²) in [4.78, 5) is 28.0. The summed E-state index contributed by atoms with van der Waals surface area (Å²) < 4.78 is 0. The molecule has 0 saturated carbocycles. The maximum Gasteiger partial charge on any atom is 0.254 e. The van der Waals surface area contributed by atoms with Crippen LogP contribution in [0.4, 0.5) is 5.69 Å². The molecule has 2 aliphatic rings. The van der Waals surface area contributed by atoms with Crippen LogP contribution >= 0.6 is 0 Å². The molecule has 31 heavy (non-hydrogen) atoms. The molecule has 1 saturated heterocycles. The number of nitrogens with zero attached hydrogens (tertiary/aromatic N) is 1. The van der Waals surface area contributed by atoms with E-state index in [1.807, 2.05) is 59.5 Å². The normalized spacial score (nSPS) is 16.7. The first-order valence-corrected chi connectivity index (χ1v) is 11.4. The molecule has 4 nitrogen and oxygen atoms in total. The quantitative estimate of drug-likeness (QED) is 0.642. The lowest BCUT2D eigenvalue weighted by molar-refractivity contribution is -0.121. The molecule has 1 fully saturated rings. The van der Waals surface area contributed by atoms with E-state index in [-0.39, 0.29) is 17.7 Å². The number of hydrogen-bond donors (Lipinski definition) is 1. The summed E-state index contributed by atoms with van der Waals surface area (Å²) in [7, 11) is 0. The predicted octanol–water partition coefficient (Wildman–Crippen LogP) is 5.21. The largest absolute Gasteiger partial charge is 0.339 e. The molecule has 4 heteroatoms. The third-order valence-corrected chi connectivity index (χ3v) is 6.83. The average molecular weight is 413 g/mol. The summed E-state index contributed by atoms with van der Waals surface area (Å²) in [5.74, 6) is 0.111. The number of nitrogens with one attached hydrogen (secondary N) is 1. The molecule has 5 rings (SSSR count). The minimum absolute atomic E-state index is 0.0454. The number of benzene rings is 3. The zero-order valence-electron chi connectivity index (χ0n) is 17.8. The van der Waals surface area contributed by atoms with Crippen LogP contribution in [0.5, 0.6) is 0 Å². The molecule has 1 heterocycles. The van der Waals surface area contributed by atoms with Crippen LogP contribution in [0, 0.1) is 5.92 Å². The maximum atomic E-state index is 13.2. The van der Waals surface area contributed by atoms with Crippen molar-refractivity contribution in [2.45, 2.75) is 38.5 Å². The second kappa shape index (κ2) is 8.54. The molecule has 0 spiro atoms. The van der Waals surface area contributed by atoms with Gasteiger partial charge in [0, 0.05) is 30.3 Å². The van der Waals surface area contributed by atoms with Crippen molar-refractivity contribution in [3.8, 4) is 0 Å². The van der Waals surface area contributed by atoms with Crippen LogP contribution in [0.25, 0.3) is 10.8 Å². The number of likely N-dealkylation sites (tertiary alicyclic amines) is 1. The lowest BCUT2D eigenvalue weighted by Crippen LogP contribution is -2.41. The Bertz CT molecular complexity index is 1120. The van der Waals surface area contributed by atoms with Gasteiger partial charge in [-0.25, -0.2) is 0 Å². The smallest absolute Gasteiger partial charge is 0.254 e. The molecule has 0 radical (unpaired) electrons. The Morgan fingerprint density at radius 1 is 0.839 bits per heavy atom. The molecule has 0 unspecified atom stereocenters. The van der Waals surface area contributed by atoms with Crippen molar-refractivity contribution in [2.75, 3.05) is 18.4 Å². The molecule has 1 N–H and O–H groups in total. The van der Waals surface area contributed by atoms with Crippen molar-refractivity contribution < 1.29 is 9.59 Å². The molecular weight excluding hydrogens is 384 g/mol. The number of fused-ring (bicyclic) bond motifs is 2. The predicted molar refractivity (Wildman–Crippen MR) is 124 cm³/mol. The zero-order chi connectivity index (χ0) is 21.2. The van der Waals surface area contributed by atoms with E-state index in [1.165, 1.54) is 24.0 Å². The zero-order valence-corrected chi connectivity index (χ0v) is 17.8. The van der Waals surface area contributed by atoms with Gasteiger partial charge in [0.05, 0.1) is 0 Å². The van der Waals surface area contributed by atoms with Crippen molar-refractivity contribution in [3.05, 3.63) is 77.4 Å². The van der Waals surface area contributed by atoms with Crippen LogP contribution < -0.4 is 5.32 Å². The van der Waals surface area contributed by atoms with E-state index in [9.17, 15) is 9.59 Å². The maximum absolute atomic E-state index is 13.2. The first-order valence-electron chi connectivity index (χ1n) is 11.4. The van der Waals surface area contributed by atoms with Gasteiger partial charge in [-0.05, 0) is 72.6 Å². The number of carbonyl (C=O) groups excluding carboxylic acids is 2. The van der Waals surface area contributed by atoms with E-state index >= 15 is 0 Å². The average Bonchev–Trinajstić information content (AvgIpc) is 2.83. The van der Waals surface area contributed by atoms with Gasteiger partial charge in [-0.2, -0.15) is 0 Å². The van der Waals surface area contributed by atoms with Gasteiger partial charge in [-0.1, -0.05) is 48.5 Å². The van der Waals surface area contributed by atoms with Crippen LogP contribution in [0.15, 0.2) is 60.7 Å². The Morgan fingerprint density at radius 3 is 2.45 bits per heavy atom. The van der Waals surface area contributed by atoms with Gasteiger partial charge in [0.1, 0.15) is 0 Å². The lowest BCUT2D eigenvalue weighted by atomic mass is 9.90. The fourth-order valence-corrected chi connectivity index (χ4v) is 5.06. The Balaban J connectivity index is 1.24. The molecule has 0 aromatic heterocycles. The van der Waals surface area contributed by atoms with Gasteiger partial charge >= 0.3 is 0 Å². The number of amides is 2. The van der Waals surface area contributed by atoms with Crippen LogP contribution in [0.3, 0.4) is 0 Å². The number of aryl methyl sites for hydroxylation is 1. The Morgan fingerprint density at radius 2 is 1.58 bits per heavy atom. The Labute approximate surface area is 183 Å². The van der Waals surface area contributed by atoms with Gasteiger partial charge in [0.15, 0.2) is 0 Å². The summed E-state index contributed by atoms with van der Waals surface area (Å²) in [6, 6.07) is 20.1. The molecule has 2 amide bonds. The van der Waals surface area contributed by atoms with Crippen LogP contribution in [-0.2, 0) is 17.6 Å². The third-order valence-electron chi connectivity index (χ3n) is 6.83. The van der Waals surface area contributed by atoms with E-state index < -0.39 is 0 Å². The molecule has 1 aliphatic heterocycles. The van der Waals surface area contributed by atoms with Crippen LogP contribution in [0.1, 0.15) is 47.2 Å². The molecule has 3 aromatic carbocycles. The van der Waals surface area contributed by atoms with Gasteiger partial charge in [-0.15, -0.1) is 0 Å². The van der Waals surface area contributed by atoms with Crippen molar-refractivity contribution in [1.82, 2.24) is 4.90 Å². The SMILES string of the molecule is O=C(Nc1cccc2c1CCCC2)C1CCN(C(=O)c2cccc3ccccc23)CC1. The van der Waals surface area contributed by atoms with Crippen molar-refractivity contribution in [3.63, 3.8) is 0 Å². The van der Waals surface area contributed by atoms with Gasteiger partial charge in [0.2, 0.25) is 5.91 Å². The highest BCUT2D eigenvalue weighted by atomic mass is 16.2. The minimum Gasteiger partial charge on any atom is -0.339 e. The number of rotatable bonds is 3. The molecular formula is C27H28N2O2. The molecule has 0 bridgehead atoms. The van der Waals surface area contributed by atoms with Gasteiger partial charge in [-0.3, -0.25) is 9.59 Å². The van der Waals surface area contributed by atoms with Gasteiger partial charge < -0.3 is 10.2 Å². The Kier molecular flexibility index (Phi) is 5.46. The second-order valence-electron chi connectivity index (χ2n) is 8.73. The van der Waals surface area contributed by atoms with E-state index in [2.05, 4.69) is 11.4 Å². The highest BCUT2D eigenvalue weighted by molar-refractivity contribution is 6.07. The lowest BCUT2D eigenvalue weighted by Gasteiger charge is -2.32. The third kappa shape index (κ3) is 3.95. The number of hydrogen-bond acceptors (Lipinski definition) is 2. The van der Waals surface area contributed by atoms with Crippen molar-refractivity contribution >= 4 is 28.3 Å². The monoisotopic (exact) mass is 412 g/mol. The molecule has 1 aliphatic carbocycles.